The van der Waals surface area contributed by atoms with Gasteiger partial charge in [-0.25, -0.2) is 4.79 Å². The lowest BCUT2D eigenvalue weighted by atomic mass is 9.99. The zero-order valence-corrected chi connectivity index (χ0v) is 23.6. The van der Waals surface area contributed by atoms with Gasteiger partial charge in [-0.2, -0.15) is 0 Å². The number of aliphatic hydroxyl groups is 1. The minimum absolute atomic E-state index is 0.00676. The van der Waals surface area contributed by atoms with E-state index < -0.39 is 42.2 Å². The van der Waals surface area contributed by atoms with Gasteiger partial charge in [-0.05, 0) is 63.1 Å². The number of nitrogens with zero attached hydrogens (tertiary/aromatic N) is 1. The number of carbonyl (C=O) groups is 3. The molecule has 0 radical (unpaired) electrons. The van der Waals surface area contributed by atoms with Gasteiger partial charge in [-0.15, -0.1) is 0 Å². The molecule has 0 aliphatic carbocycles. The summed E-state index contributed by atoms with van der Waals surface area (Å²) in [5.41, 5.74) is 1.22. The van der Waals surface area contributed by atoms with Crippen molar-refractivity contribution in [2.45, 2.75) is 51.8 Å². The summed E-state index contributed by atoms with van der Waals surface area (Å²) in [6.07, 6.45) is -0.852. The molecule has 3 aromatic rings. The van der Waals surface area contributed by atoms with Crippen LogP contribution in [0.5, 0.6) is 11.5 Å². The highest BCUT2D eigenvalue weighted by atomic mass is 16.6. The van der Waals surface area contributed by atoms with Crippen molar-refractivity contribution in [2.75, 3.05) is 18.5 Å². The van der Waals surface area contributed by atoms with Crippen LogP contribution in [-0.2, 0) is 20.7 Å². The molecule has 0 bridgehead atoms. The van der Waals surface area contributed by atoms with Gasteiger partial charge in [0.05, 0.1) is 6.61 Å². The number of ether oxygens (including phenoxy) is 1. The third-order valence-electron chi connectivity index (χ3n) is 6.18. The molecule has 0 fully saturated rings. The van der Waals surface area contributed by atoms with Gasteiger partial charge in [0, 0.05) is 24.2 Å². The Hall–Kier alpha value is -4.57. The highest BCUT2D eigenvalue weighted by Gasteiger charge is 2.37. The molecule has 0 aromatic heterocycles. The molecule has 218 valence electrons. The van der Waals surface area contributed by atoms with Crippen molar-refractivity contribution in [1.82, 2.24) is 10.2 Å². The van der Waals surface area contributed by atoms with Crippen molar-refractivity contribution in [1.29, 1.82) is 0 Å². The molecule has 3 rings (SSSR count). The maximum atomic E-state index is 14.2. The lowest BCUT2D eigenvalue weighted by Gasteiger charge is -2.34. The third kappa shape index (κ3) is 8.71. The molecule has 0 spiro atoms. The minimum atomic E-state index is -1.36. The SMILES string of the molecule is Cc1ccccc1NC(=O)C(c1ccccc1O)N(CCO)C(=O)C(Cc1ccc(O)cc1)NC(=O)OC(C)(C)C. The van der Waals surface area contributed by atoms with Crippen LogP contribution in [0.1, 0.15) is 43.5 Å². The van der Waals surface area contributed by atoms with E-state index in [1.54, 1.807) is 57.2 Å². The van der Waals surface area contributed by atoms with E-state index in [4.69, 9.17) is 4.74 Å². The van der Waals surface area contributed by atoms with Crippen molar-refractivity contribution in [3.63, 3.8) is 0 Å². The normalized spacial score (nSPS) is 12.6. The Bertz CT molecular complexity index is 1350. The maximum Gasteiger partial charge on any atom is 0.408 e. The average molecular weight is 564 g/mol. The van der Waals surface area contributed by atoms with Gasteiger partial charge in [-0.3, -0.25) is 9.59 Å². The Morgan fingerprint density at radius 2 is 1.56 bits per heavy atom. The Kier molecular flexibility index (Phi) is 10.3. The summed E-state index contributed by atoms with van der Waals surface area (Å²) in [7, 11) is 0. The predicted octanol–water partition coefficient (Wildman–Crippen LogP) is 4.04. The van der Waals surface area contributed by atoms with Crippen molar-refractivity contribution < 1.29 is 34.4 Å². The third-order valence-corrected chi connectivity index (χ3v) is 6.18. The number of nitrogens with one attached hydrogen (secondary N) is 2. The first-order chi connectivity index (χ1) is 19.4. The molecule has 3 aromatic carbocycles. The number of phenolic OH excluding ortho intramolecular Hbond substituents is 2. The minimum Gasteiger partial charge on any atom is -0.508 e. The van der Waals surface area contributed by atoms with Gasteiger partial charge < -0.3 is 35.6 Å². The van der Waals surface area contributed by atoms with E-state index in [1.807, 2.05) is 19.1 Å². The summed E-state index contributed by atoms with van der Waals surface area (Å²) in [6, 6.07) is 16.8. The molecule has 0 saturated carbocycles. The van der Waals surface area contributed by atoms with Crippen LogP contribution in [0.2, 0.25) is 0 Å². The molecule has 10 heteroatoms. The largest absolute Gasteiger partial charge is 0.508 e. The number of aliphatic hydroxyl groups excluding tert-OH is 1. The fourth-order valence-corrected chi connectivity index (χ4v) is 4.28. The van der Waals surface area contributed by atoms with Crippen LogP contribution in [-0.4, -0.2) is 62.9 Å². The zero-order chi connectivity index (χ0) is 30.2. The van der Waals surface area contributed by atoms with E-state index in [-0.39, 0.29) is 30.0 Å². The van der Waals surface area contributed by atoms with Gasteiger partial charge in [0.25, 0.3) is 5.91 Å². The number of aryl methyl sites for hydroxylation is 1. The summed E-state index contributed by atoms with van der Waals surface area (Å²) in [5, 5.41) is 35.8. The molecule has 10 nitrogen and oxygen atoms in total. The van der Waals surface area contributed by atoms with Crippen LogP contribution in [0.25, 0.3) is 0 Å². The molecule has 0 saturated heterocycles. The number of aromatic hydroxyl groups is 2. The van der Waals surface area contributed by atoms with E-state index in [9.17, 15) is 29.7 Å². The highest BCUT2D eigenvalue weighted by Crippen LogP contribution is 2.31. The van der Waals surface area contributed by atoms with E-state index >= 15 is 0 Å². The van der Waals surface area contributed by atoms with Crippen molar-refractivity contribution in [2.24, 2.45) is 0 Å². The number of alkyl carbamates (subject to hydrolysis) is 1. The standard InChI is InChI=1S/C31H37N3O7/c1-20-9-5-7-11-24(20)32-28(38)27(23-10-6-8-12-26(23)37)34(17-18-35)29(39)25(33-30(40)41-31(2,3)4)19-21-13-15-22(36)16-14-21/h5-16,25,27,35-37H,17-19H2,1-4H3,(H,32,38)(H,33,40). The number of rotatable bonds is 10. The van der Waals surface area contributed by atoms with Crippen molar-refractivity contribution in [3.05, 3.63) is 89.5 Å². The first-order valence-corrected chi connectivity index (χ1v) is 13.2. The van der Waals surface area contributed by atoms with Crippen LogP contribution >= 0.6 is 0 Å². The first-order valence-electron chi connectivity index (χ1n) is 13.2. The van der Waals surface area contributed by atoms with Crippen LogP contribution in [0, 0.1) is 6.92 Å². The van der Waals surface area contributed by atoms with Crippen LogP contribution in [0.3, 0.4) is 0 Å². The first kappa shape index (κ1) is 31.0. The smallest absolute Gasteiger partial charge is 0.408 e. The second-order valence-corrected chi connectivity index (χ2v) is 10.6. The van der Waals surface area contributed by atoms with E-state index in [1.165, 1.54) is 24.3 Å². The molecular formula is C31H37N3O7. The number of anilines is 1. The molecule has 0 aliphatic heterocycles. The topological polar surface area (TPSA) is 148 Å². The fourth-order valence-electron chi connectivity index (χ4n) is 4.28. The summed E-state index contributed by atoms with van der Waals surface area (Å²) < 4.78 is 5.39. The quantitative estimate of drug-likeness (QED) is 0.250. The number of phenols is 2. The summed E-state index contributed by atoms with van der Waals surface area (Å²) in [6.45, 7) is 6.11. The number of amides is 3. The van der Waals surface area contributed by atoms with Gasteiger partial charge in [0.1, 0.15) is 29.2 Å². The van der Waals surface area contributed by atoms with Crippen LogP contribution in [0.15, 0.2) is 72.8 Å². The van der Waals surface area contributed by atoms with E-state index in [2.05, 4.69) is 10.6 Å². The number of para-hydroxylation sites is 2. The number of benzene rings is 3. The summed E-state index contributed by atoms with van der Waals surface area (Å²) in [4.78, 5) is 41.9. The molecule has 2 unspecified atom stereocenters. The Morgan fingerprint density at radius 1 is 0.927 bits per heavy atom. The van der Waals surface area contributed by atoms with Gasteiger partial charge in [0.2, 0.25) is 5.91 Å². The number of hydrogen-bond donors (Lipinski definition) is 5. The Labute approximate surface area is 239 Å². The molecule has 2 atom stereocenters. The fraction of sp³-hybridized carbons (Fsp3) is 0.323. The second kappa shape index (κ2) is 13.7. The molecule has 0 aliphatic rings. The molecular weight excluding hydrogens is 526 g/mol. The lowest BCUT2D eigenvalue weighted by molar-refractivity contribution is -0.141. The lowest BCUT2D eigenvalue weighted by Crippen LogP contribution is -2.53. The highest BCUT2D eigenvalue weighted by molar-refractivity contribution is 5.99. The van der Waals surface area contributed by atoms with Gasteiger partial charge in [-0.1, -0.05) is 48.5 Å². The van der Waals surface area contributed by atoms with Crippen LogP contribution in [0.4, 0.5) is 10.5 Å². The predicted molar refractivity (Wildman–Crippen MR) is 154 cm³/mol. The molecule has 3 amide bonds. The van der Waals surface area contributed by atoms with E-state index in [0.717, 1.165) is 10.5 Å². The summed E-state index contributed by atoms with van der Waals surface area (Å²) >= 11 is 0. The van der Waals surface area contributed by atoms with Crippen LogP contribution < -0.4 is 10.6 Å². The second-order valence-electron chi connectivity index (χ2n) is 10.6. The van der Waals surface area contributed by atoms with E-state index in [0.29, 0.717) is 11.3 Å². The molecule has 0 heterocycles. The molecule has 41 heavy (non-hydrogen) atoms. The van der Waals surface area contributed by atoms with Crippen molar-refractivity contribution in [3.8, 4) is 11.5 Å². The molecule has 5 N–H and O–H groups in total. The summed E-state index contributed by atoms with van der Waals surface area (Å²) in [5.74, 6) is -1.50. The van der Waals surface area contributed by atoms with Crippen molar-refractivity contribution >= 4 is 23.6 Å². The average Bonchev–Trinajstić information content (AvgIpc) is 2.90. The van der Waals surface area contributed by atoms with Gasteiger partial charge >= 0.3 is 6.09 Å². The monoisotopic (exact) mass is 563 g/mol. The maximum absolute atomic E-state index is 14.2. The Morgan fingerprint density at radius 3 is 2.17 bits per heavy atom. The number of hydrogen-bond acceptors (Lipinski definition) is 7. The zero-order valence-electron chi connectivity index (χ0n) is 23.6. The number of carbonyl (C=O) groups excluding carboxylic acids is 3. The Balaban J connectivity index is 2.05. The van der Waals surface area contributed by atoms with Gasteiger partial charge in [0.15, 0.2) is 0 Å².